The average Bonchev–Trinajstić information content (AvgIpc) is 3.41. The molecule has 0 saturated heterocycles. The number of aromatic nitrogens is 7. The number of ether oxygens (including phenoxy) is 1. The maximum Gasteiger partial charge on any atom is 0.192 e. The van der Waals surface area contributed by atoms with Crippen molar-refractivity contribution in [3.8, 4) is 22.8 Å². The van der Waals surface area contributed by atoms with Gasteiger partial charge in [0.2, 0.25) is 0 Å². The molecule has 0 aliphatic heterocycles. The molecule has 0 aliphatic rings. The van der Waals surface area contributed by atoms with Crippen molar-refractivity contribution in [2.45, 2.75) is 30.8 Å². The molecule has 2 aromatic heterocycles. The van der Waals surface area contributed by atoms with Gasteiger partial charge in [-0.15, -0.1) is 15.3 Å². The van der Waals surface area contributed by atoms with Crippen molar-refractivity contribution in [1.82, 2.24) is 35.0 Å². The van der Waals surface area contributed by atoms with Gasteiger partial charge in [0.25, 0.3) is 0 Å². The van der Waals surface area contributed by atoms with Crippen LogP contribution < -0.4 is 4.74 Å². The summed E-state index contributed by atoms with van der Waals surface area (Å²) in [6.45, 7) is 4.91. The third-order valence-corrected chi connectivity index (χ3v) is 5.60. The summed E-state index contributed by atoms with van der Waals surface area (Å²) in [5, 5.41) is 21.9. The Bertz CT molecular complexity index is 1080. The second-order valence-corrected chi connectivity index (χ2v) is 7.63. The highest BCUT2D eigenvalue weighted by molar-refractivity contribution is 7.99. The van der Waals surface area contributed by atoms with Crippen molar-refractivity contribution in [3.05, 3.63) is 60.4 Å². The number of benzene rings is 2. The minimum atomic E-state index is -0.0107. The smallest absolute Gasteiger partial charge is 0.192 e. The van der Waals surface area contributed by atoms with Crippen molar-refractivity contribution >= 4 is 11.8 Å². The van der Waals surface area contributed by atoms with E-state index in [1.54, 1.807) is 23.6 Å². The highest BCUT2D eigenvalue weighted by atomic mass is 32.2. The minimum absolute atomic E-state index is 0.0107. The van der Waals surface area contributed by atoms with Crippen LogP contribution in [-0.2, 0) is 6.54 Å². The fourth-order valence-electron chi connectivity index (χ4n) is 3.03. The quantitative estimate of drug-likeness (QED) is 0.431. The first-order chi connectivity index (χ1) is 14.2. The van der Waals surface area contributed by atoms with Gasteiger partial charge in [0, 0.05) is 12.1 Å². The van der Waals surface area contributed by atoms with Crippen molar-refractivity contribution in [2.24, 2.45) is 0 Å². The lowest BCUT2D eigenvalue weighted by Gasteiger charge is -2.12. The van der Waals surface area contributed by atoms with E-state index in [9.17, 15) is 0 Å². The number of nitrogens with zero attached hydrogens (tertiary/aromatic N) is 7. The Morgan fingerprint density at radius 3 is 2.45 bits per heavy atom. The van der Waals surface area contributed by atoms with Crippen LogP contribution in [0.2, 0.25) is 0 Å². The molecule has 148 valence electrons. The van der Waals surface area contributed by atoms with Crippen LogP contribution in [-0.4, -0.2) is 42.1 Å². The predicted octanol–water partition coefficient (Wildman–Crippen LogP) is 3.80. The standard InChI is InChI=1S/C20H21N7OS/c1-4-26-19(15-10-12-17(28-3)13-11-15)21-23-20(26)29-14(2)18-22-24-25-27(18)16-8-6-5-7-9-16/h5-14H,4H2,1-3H3/t14-/m1/s1. The Hall–Kier alpha value is -3.20. The van der Waals surface area contributed by atoms with E-state index < -0.39 is 0 Å². The van der Waals surface area contributed by atoms with Crippen LogP contribution in [0.15, 0.2) is 59.8 Å². The van der Waals surface area contributed by atoms with E-state index in [-0.39, 0.29) is 5.25 Å². The van der Waals surface area contributed by atoms with Gasteiger partial charge in [-0.3, -0.25) is 0 Å². The topological polar surface area (TPSA) is 83.5 Å². The number of hydrogen-bond donors (Lipinski definition) is 0. The van der Waals surface area contributed by atoms with Gasteiger partial charge in [-0.25, -0.2) is 0 Å². The second-order valence-electron chi connectivity index (χ2n) is 6.32. The van der Waals surface area contributed by atoms with Gasteiger partial charge in [0.15, 0.2) is 16.8 Å². The fourth-order valence-corrected chi connectivity index (χ4v) is 4.03. The SMILES string of the molecule is CCn1c(S[C@H](C)c2nnnn2-c2ccccc2)nnc1-c1ccc(OC)cc1. The summed E-state index contributed by atoms with van der Waals surface area (Å²) in [7, 11) is 1.66. The Kier molecular flexibility index (Phi) is 5.57. The zero-order chi connectivity index (χ0) is 20.2. The third-order valence-electron chi connectivity index (χ3n) is 4.52. The normalized spacial score (nSPS) is 12.1. The summed E-state index contributed by atoms with van der Waals surface area (Å²) >= 11 is 1.59. The van der Waals surface area contributed by atoms with Crippen LogP contribution in [0.3, 0.4) is 0 Å². The number of para-hydroxylation sites is 1. The molecule has 0 spiro atoms. The molecule has 4 aromatic rings. The molecule has 29 heavy (non-hydrogen) atoms. The number of methoxy groups -OCH3 is 1. The summed E-state index contributed by atoms with van der Waals surface area (Å²) in [6, 6.07) is 17.7. The van der Waals surface area contributed by atoms with Gasteiger partial charge in [-0.1, -0.05) is 30.0 Å². The first-order valence-electron chi connectivity index (χ1n) is 9.29. The van der Waals surface area contributed by atoms with Crippen molar-refractivity contribution < 1.29 is 4.74 Å². The summed E-state index contributed by atoms with van der Waals surface area (Å²) in [5.41, 5.74) is 1.92. The summed E-state index contributed by atoms with van der Waals surface area (Å²) in [5.74, 6) is 2.40. The van der Waals surface area contributed by atoms with Gasteiger partial charge in [0.1, 0.15) is 5.75 Å². The molecule has 0 N–H and O–H groups in total. The lowest BCUT2D eigenvalue weighted by atomic mass is 10.2. The van der Waals surface area contributed by atoms with Crippen LogP contribution in [0, 0.1) is 0 Å². The van der Waals surface area contributed by atoms with E-state index in [1.165, 1.54) is 0 Å². The van der Waals surface area contributed by atoms with Crippen LogP contribution in [0.25, 0.3) is 17.1 Å². The summed E-state index contributed by atoms with van der Waals surface area (Å²) in [4.78, 5) is 0. The highest BCUT2D eigenvalue weighted by Gasteiger charge is 2.21. The summed E-state index contributed by atoms with van der Waals surface area (Å²) in [6.07, 6.45) is 0. The molecule has 8 nitrogen and oxygen atoms in total. The zero-order valence-corrected chi connectivity index (χ0v) is 17.2. The van der Waals surface area contributed by atoms with Crippen molar-refractivity contribution in [3.63, 3.8) is 0 Å². The largest absolute Gasteiger partial charge is 0.497 e. The highest BCUT2D eigenvalue weighted by Crippen LogP contribution is 2.35. The number of rotatable bonds is 7. The molecule has 2 heterocycles. The van der Waals surface area contributed by atoms with Crippen LogP contribution in [0.5, 0.6) is 5.75 Å². The van der Waals surface area contributed by atoms with E-state index >= 15 is 0 Å². The molecule has 0 aliphatic carbocycles. The second kappa shape index (κ2) is 8.44. The third kappa shape index (κ3) is 3.86. The Balaban J connectivity index is 1.60. The van der Waals surface area contributed by atoms with Crippen molar-refractivity contribution in [1.29, 1.82) is 0 Å². The molecular formula is C20H21N7OS. The molecular weight excluding hydrogens is 386 g/mol. The van der Waals surface area contributed by atoms with E-state index in [0.29, 0.717) is 0 Å². The average molecular weight is 408 g/mol. The molecule has 0 radical (unpaired) electrons. The molecule has 0 unspecified atom stereocenters. The van der Waals surface area contributed by atoms with Crippen LogP contribution >= 0.6 is 11.8 Å². The summed E-state index contributed by atoms with van der Waals surface area (Å²) < 4.78 is 9.10. The first kappa shape index (κ1) is 19.1. The maximum absolute atomic E-state index is 5.24. The van der Waals surface area contributed by atoms with E-state index in [2.05, 4.69) is 44.1 Å². The molecule has 9 heteroatoms. The lowest BCUT2D eigenvalue weighted by Crippen LogP contribution is -2.06. The number of hydrogen-bond acceptors (Lipinski definition) is 7. The van der Waals surface area contributed by atoms with Gasteiger partial charge in [-0.05, 0) is 60.7 Å². The van der Waals surface area contributed by atoms with Gasteiger partial charge in [-0.2, -0.15) is 4.68 Å². The molecule has 2 aromatic carbocycles. The Labute approximate surface area is 172 Å². The molecule has 0 saturated carbocycles. The first-order valence-corrected chi connectivity index (χ1v) is 10.2. The van der Waals surface area contributed by atoms with Crippen molar-refractivity contribution in [2.75, 3.05) is 7.11 Å². The fraction of sp³-hybridized carbons (Fsp3) is 0.250. The molecule has 1 atom stereocenters. The molecule has 0 fully saturated rings. The predicted molar refractivity (Wildman–Crippen MR) is 111 cm³/mol. The van der Waals surface area contributed by atoms with Crippen LogP contribution in [0.1, 0.15) is 24.9 Å². The van der Waals surface area contributed by atoms with E-state index in [1.807, 2.05) is 54.6 Å². The molecule has 0 bridgehead atoms. The zero-order valence-electron chi connectivity index (χ0n) is 16.4. The monoisotopic (exact) mass is 407 g/mol. The van der Waals surface area contributed by atoms with Gasteiger partial charge < -0.3 is 9.30 Å². The number of tetrazole rings is 1. The van der Waals surface area contributed by atoms with E-state index in [4.69, 9.17) is 4.74 Å². The Morgan fingerprint density at radius 2 is 1.76 bits per heavy atom. The maximum atomic E-state index is 5.24. The Morgan fingerprint density at radius 1 is 1.00 bits per heavy atom. The van der Waals surface area contributed by atoms with E-state index in [0.717, 1.165) is 40.4 Å². The molecule has 0 amide bonds. The minimum Gasteiger partial charge on any atom is -0.497 e. The van der Waals surface area contributed by atoms with Gasteiger partial charge >= 0.3 is 0 Å². The van der Waals surface area contributed by atoms with Crippen LogP contribution in [0.4, 0.5) is 0 Å². The lowest BCUT2D eigenvalue weighted by molar-refractivity contribution is 0.415. The number of thioether (sulfide) groups is 1. The van der Waals surface area contributed by atoms with Gasteiger partial charge in [0.05, 0.1) is 18.0 Å². The molecule has 4 rings (SSSR count).